The van der Waals surface area contributed by atoms with Gasteiger partial charge in [-0.3, -0.25) is 0 Å². The lowest BCUT2D eigenvalue weighted by Crippen LogP contribution is -2.46. The van der Waals surface area contributed by atoms with E-state index < -0.39 is 47.4 Å². The molecule has 2 aromatic heterocycles. The smallest absolute Gasteiger partial charge is 0.387 e. The maximum atomic E-state index is 13.5. The number of nitrogens with zero attached hydrogens (tertiary/aromatic N) is 3. The number of aliphatic hydroxyl groups excluding tert-OH is 2. The number of ether oxygens (including phenoxy) is 1. The molecular formula is C19H19F3N4O4. The fraction of sp³-hybridized carbons (Fsp3) is 0.368. The van der Waals surface area contributed by atoms with Crippen LogP contribution >= 0.6 is 0 Å². The van der Waals surface area contributed by atoms with Gasteiger partial charge in [0.2, 0.25) is 0 Å². The average Bonchev–Trinajstić information content (AvgIpc) is 3.24. The van der Waals surface area contributed by atoms with E-state index in [1.54, 1.807) is 6.07 Å². The van der Waals surface area contributed by atoms with Gasteiger partial charge >= 0.3 is 6.18 Å². The van der Waals surface area contributed by atoms with Crippen molar-refractivity contribution in [2.75, 3.05) is 5.73 Å². The second-order valence-electron chi connectivity index (χ2n) is 7.34. The largest absolute Gasteiger partial charge is 0.416 e. The second kappa shape index (κ2) is 6.91. The number of aromatic nitrogens is 3. The van der Waals surface area contributed by atoms with E-state index in [0.717, 1.165) is 19.1 Å². The number of nitrogens with two attached hydrogens (primary N) is 1. The van der Waals surface area contributed by atoms with Gasteiger partial charge in [-0.2, -0.15) is 13.2 Å². The molecule has 160 valence electrons. The zero-order chi connectivity index (χ0) is 21.8. The van der Waals surface area contributed by atoms with Crippen molar-refractivity contribution in [2.24, 2.45) is 0 Å². The minimum Gasteiger partial charge on any atom is -0.387 e. The van der Waals surface area contributed by atoms with Gasteiger partial charge in [0.15, 0.2) is 6.23 Å². The topological polar surface area (TPSA) is 127 Å². The maximum absolute atomic E-state index is 13.5. The van der Waals surface area contributed by atoms with Crippen LogP contribution in [-0.2, 0) is 16.5 Å². The van der Waals surface area contributed by atoms with Gasteiger partial charge in [-0.05, 0) is 24.6 Å². The van der Waals surface area contributed by atoms with Gasteiger partial charge in [0.1, 0.15) is 41.7 Å². The zero-order valence-corrected chi connectivity index (χ0v) is 15.7. The summed E-state index contributed by atoms with van der Waals surface area (Å²) < 4.78 is 47.5. The number of rotatable bonds is 3. The molecule has 1 aliphatic heterocycles. The van der Waals surface area contributed by atoms with Gasteiger partial charge in [0.05, 0.1) is 10.9 Å². The van der Waals surface area contributed by atoms with Crippen LogP contribution < -0.4 is 5.73 Å². The first kappa shape index (κ1) is 20.5. The number of fused-ring (bicyclic) bond motifs is 1. The van der Waals surface area contributed by atoms with Crippen LogP contribution in [0.3, 0.4) is 0 Å². The molecule has 0 spiro atoms. The van der Waals surface area contributed by atoms with Gasteiger partial charge in [-0.15, -0.1) is 0 Å². The molecule has 5 N–H and O–H groups in total. The third kappa shape index (κ3) is 3.10. The van der Waals surface area contributed by atoms with Crippen molar-refractivity contribution in [3.63, 3.8) is 0 Å². The summed E-state index contributed by atoms with van der Waals surface area (Å²) in [6.45, 7) is 1.11. The van der Waals surface area contributed by atoms with Crippen molar-refractivity contribution in [1.29, 1.82) is 0 Å². The van der Waals surface area contributed by atoms with Gasteiger partial charge in [0.25, 0.3) is 0 Å². The van der Waals surface area contributed by atoms with Crippen LogP contribution in [0.4, 0.5) is 19.0 Å². The van der Waals surface area contributed by atoms with E-state index in [-0.39, 0.29) is 5.82 Å². The first-order valence-electron chi connectivity index (χ1n) is 9.01. The van der Waals surface area contributed by atoms with E-state index in [1.165, 1.54) is 29.2 Å². The molecule has 3 heterocycles. The van der Waals surface area contributed by atoms with Gasteiger partial charge in [-0.1, -0.05) is 18.2 Å². The Kier molecular flexibility index (Phi) is 4.73. The Morgan fingerprint density at radius 3 is 2.40 bits per heavy atom. The molecule has 1 fully saturated rings. The van der Waals surface area contributed by atoms with Crippen molar-refractivity contribution in [3.8, 4) is 0 Å². The van der Waals surface area contributed by atoms with E-state index in [0.29, 0.717) is 11.0 Å². The Balaban J connectivity index is 1.74. The van der Waals surface area contributed by atoms with E-state index in [9.17, 15) is 28.5 Å². The third-order valence-corrected chi connectivity index (χ3v) is 5.38. The summed E-state index contributed by atoms with van der Waals surface area (Å²) in [5.41, 5.74) is 2.30. The Hall–Kier alpha value is -2.73. The van der Waals surface area contributed by atoms with Crippen molar-refractivity contribution in [3.05, 3.63) is 54.0 Å². The van der Waals surface area contributed by atoms with E-state index in [1.807, 2.05) is 0 Å². The molecule has 1 saturated heterocycles. The summed E-state index contributed by atoms with van der Waals surface area (Å²) in [5.74, 6) is 0.189. The SMILES string of the molecule is CC(O)(c1ccccc1C(F)(F)F)[C@H]1O[C@@H](n2ccc3c(N)ncnc32)[C@H](O)[C@@H]1O. The number of alkyl halides is 3. The van der Waals surface area contributed by atoms with Gasteiger partial charge < -0.3 is 30.4 Å². The zero-order valence-electron chi connectivity index (χ0n) is 15.7. The highest BCUT2D eigenvalue weighted by Crippen LogP contribution is 2.44. The number of aliphatic hydroxyl groups is 3. The Bertz CT molecular complexity index is 1090. The lowest BCUT2D eigenvalue weighted by Gasteiger charge is -2.33. The summed E-state index contributed by atoms with van der Waals surface area (Å²) in [4.78, 5) is 7.95. The number of hydrogen-bond donors (Lipinski definition) is 4. The summed E-state index contributed by atoms with van der Waals surface area (Å²) >= 11 is 0. The molecule has 1 aromatic carbocycles. The van der Waals surface area contributed by atoms with Crippen LogP contribution in [0.2, 0.25) is 0 Å². The fourth-order valence-corrected chi connectivity index (χ4v) is 3.87. The summed E-state index contributed by atoms with van der Waals surface area (Å²) in [6, 6.07) is 6.06. The standard InChI is InChI=1S/C19H19F3N4O4/c1-18(29,10-4-2-3-5-11(10)19(20,21)22)14-12(27)13(28)17(30-14)26-7-6-9-15(23)24-8-25-16(9)26/h2-8,12-14,17,27-29H,1H3,(H2,23,24,25)/t12-,13+,14-,17+,18?/m0/s1. The Labute approximate surface area is 168 Å². The molecule has 1 unspecified atom stereocenters. The van der Waals surface area contributed by atoms with Crippen LogP contribution in [0.25, 0.3) is 11.0 Å². The Morgan fingerprint density at radius 2 is 1.73 bits per heavy atom. The molecule has 8 nitrogen and oxygen atoms in total. The molecule has 3 aromatic rings. The van der Waals surface area contributed by atoms with E-state index in [4.69, 9.17) is 10.5 Å². The van der Waals surface area contributed by atoms with Crippen molar-refractivity contribution < 1.29 is 33.2 Å². The van der Waals surface area contributed by atoms with E-state index >= 15 is 0 Å². The molecule has 0 radical (unpaired) electrons. The second-order valence-corrected chi connectivity index (χ2v) is 7.34. The molecule has 4 rings (SSSR count). The molecule has 30 heavy (non-hydrogen) atoms. The van der Waals surface area contributed by atoms with Crippen LogP contribution in [0, 0.1) is 0 Å². The molecule has 0 aliphatic carbocycles. The van der Waals surface area contributed by atoms with Gasteiger partial charge in [-0.25, -0.2) is 9.97 Å². The average molecular weight is 424 g/mol. The van der Waals surface area contributed by atoms with Gasteiger partial charge in [0, 0.05) is 6.20 Å². The monoisotopic (exact) mass is 424 g/mol. The fourth-order valence-electron chi connectivity index (χ4n) is 3.87. The molecule has 5 atom stereocenters. The van der Waals surface area contributed by atoms with Crippen molar-refractivity contribution >= 4 is 16.9 Å². The molecule has 1 aliphatic rings. The summed E-state index contributed by atoms with van der Waals surface area (Å²) in [5, 5.41) is 32.6. The van der Waals surface area contributed by atoms with Crippen molar-refractivity contribution in [1.82, 2.24) is 14.5 Å². The van der Waals surface area contributed by atoms with Crippen LogP contribution in [-0.4, -0.2) is 48.2 Å². The number of benzene rings is 1. The van der Waals surface area contributed by atoms with Crippen LogP contribution in [0.15, 0.2) is 42.9 Å². The number of nitrogen functional groups attached to an aromatic ring is 1. The number of halogens is 3. The first-order chi connectivity index (χ1) is 14.0. The predicted molar refractivity (Wildman–Crippen MR) is 98.9 cm³/mol. The lowest BCUT2D eigenvalue weighted by molar-refractivity contribution is -0.154. The normalized spacial score (nSPS) is 26.8. The quantitative estimate of drug-likeness (QED) is 0.503. The summed E-state index contributed by atoms with van der Waals surface area (Å²) in [7, 11) is 0. The molecule has 0 amide bonds. The molecule has 11 heteroatoms. The third-order valence-electron chi connectivity index (χ3n) is 5.38. The summed E-state index contributed by atoms with van der Waals surface area (Å²) in [6.07, 6.45) is -8.03. The highest BCUT2D eigenvalue weighted by molar-refractivity contribution is 5.86. The molecule has 0 saturated carbocycles. The minimum atomic E-state index is -4.73. The molecule has 0 bridgehead atoms. The van der Waals surface area contributed by atoms with Crippen LogP contribution in [0.1, 0.15) is 24.3 Å². The van der Waals surface area contributed by atoms with Crippen molar-refractivity contribution in [2.45, 2.75) is 43.2 Å². The highest BCUT2D eigenvalue weighted by Gasteiger charge is 2.54. The highest BCUT2D eigenvalue weighted by atomic mass is 19.4. The first-order valence-corrected chi connectivity index (χ1v) is 9.01. The van der Waals surface area contributed by atoms with E-state index in [2.05, 4.69) is 9.97 Å². The minimum absolute atomic E-state index is 0.189. The Morgan fingerprint density at radius 1 is 1.07 bits per heavy atom. The predicted octanol–water partition coefficient (Wildman–Crippen LogP) is 1.56. The lowest BCUT2D eigenvalue weighted by atomic mass is 9.84. The number of hydrogen-bond acceptors (Lipinski definition) is 7. The number of anilines is 1. The van der Waals surface area contributed by atoms with Crippen LogP contribution in [0.5, 0.6) is 0 Å². The maximum Gasteiger partial charge on any atom is 0.416 e. The molecular weight excluding hydrogens is 405 g/mol.